The number of anilines is 1. The van der Waals surface area contributed by atoms with Gasteiger partial charge in [-0.15, -0.1) is 0 Å². The molecule has 4 nitrogen and oxygen atoms in total. The monoisotopic (exact) mass is 481 g/mol. The van der Waals surface area contributed by atoms with Crippen molar-refractivity contribution in [1.29, 1.82) is 0 Å². The number of halogens is 2. The van der Waals surface area contributed by atoms with Gasteiger partial charge in [-0.2, -0.15) is 0 Å². The Morgan fingerprint density at radius 1 is 0.970 bits per heavy atom. The Hall–Kier alpha value is -2.66. The van der Waals surface area contributed by atoms with E-state index < -0.39 is 11.5 Å². The number of carbonyl (C=O) groups excluding carboxylic acids is 2. The van der Waals surface area contributed by atoms with Gasteiger partial charge in [0.05, 0.1) is 18.7 Å². The lowest BCUT2D eigenvalue weighted by Gasteiger charge is -2.24. The van der Waals surface area contributed by atoms with Crippen molar-refractivity contribution in [1.82, 2.24) is 0 Å². The number of amides is 1. The number of aryl methyl sites for hydroxylation is 2. The van der Waals surface area contributed by atoms with Gasteiger partial charge in [-0.1, -0.05) is 47.5 Å². The molecular formula is C27H25Cl2NO3. The normalized spacial score (nSPS) is 17.4. The van der Waals surface area contributed by atoms with Crippen LogP contribution in [0.15, 0.2) is 48.5 Å². The number of carbonyl (C=O) groups is 2. The van der Waals surface area contributed by atoms with E-state index in [0.29, 0.717) is 26.9 Å². The standard InChI is InChI=1S/C27H25Cl2NO3/c1-15-11-16(2)18(4)25(17(15)3)24(31)13-27(33)21-12-20(28)9-10-23(21)30(26(27)32)14-19-7-5-6-8-22(19)29/h5-12,33H,13-14H2,1-4H3. The molecule has 6 heteroatoms. The molecule has 33 heavy (non-hydrogen) atoms. The van der Waals surface area contributed by atoms with E-state index in [4.69, 9.17) is 23.2 Å². The summed E-state index contributed by atoms with van der Waals surface area (Å²) < 4.78 is 0. The van der Waals surface area contributed by atoms with Crippen molar-refractivity contribution in [2.75, 3.05) is 4.90 Å². The van der Waals surface area contributed by atoms with Gasteiger partial charge in [-0.05, 0) is 79.8 Å². The van der Waals surface area contributed by atoms with Crippen molar-refractivity contribution in [3.8, 4) is 0 Å². The van der Waals surface area contributed by atoms with E-state index >= 15 is 0 Å². The number of benzene rings is 3. The Morgan fingerprint density at radius 2 is 1.61 bits per heavy atom. The Bertz CT molecular complexity index is 1270. The van der Waals surface area contributed by atoms with E-state index in [1.807, 2.05) is 52.0 Å². The number of nitrogens with zero attached hydrogens (tertiary/aromatic N) is 1. The molecule has 0 spiro atoms. The van der Waals surface area contributed by atoms with E-state index in [9.17, 15) is 14.7 Å². The number of rotatable bonds is 5. The lowest BCUT2D eigenvalue weighted by molar-refractivity contribution is -0.136. The maximum atomic E-state index is 13.6. The molecule has 0 aliphatic carbocycles. The van der Waals surface area contributed by atoms with Crippen LogP contribution >= 0.6 is 23.2 Å². The molecule has 0 bridgehead atoms. The van der Waals surface area contributed by atoms with Crippen LogP contribution in [0, 0.1) is 27.7 Å². The molecule has 1 heterocycles. The topological polar surface area (TPSA) is 57.6 Å². The molecule has 1 amide bonds. The molecule has 1 unspecified atom stereocenters. The summed E-state index contributed by atoms with van der Waals surface area (Å²) in [5.41, 5.74) is 3.84. The summed E-state index contributed by atoms with van der Waals surface area (Å²) in [7, 11) is 0. The number of Topliss-reactive ketones (excluding diaryl/α,β-unsaturated/α-hetero) is 1. The number of hydrogen-bond donors (Lipinski definition) is 1. The smallest absolute Gasteiger partial charge is 0.264 e. The minimum Gasteiger partial charge on any atom is -0.375 e. The average Bonchev–Trinajstić information content (AvgIpc) is 2.95. The second kappa shape index (κ2) is 8.60. The van der Waals surface area contributed by atoms with Crippen molar-refractivity contribution < 1.29 is 14.7 Å². The third kappa shape index (κ3) is 3.97. The Balaban J connectivity index is 1.78. The van der Waals surface area contributed by atoms with Gasteiger partial charge in [-0.25, -0.2) is 0 Å². The van der Waals surface area contributed by atoms with E-state index in [1.165, 1.54) is 4.90 Å². The molecule has 0 aromatic heterocycles. The summed E-state index contributed by atoms with van der Waals surface area (Å²) in [5, 5.41) is 12.6. The first-order valence-corrected chi connectivity index (χ1v) is 11.5. The largest absolute Gasteiger partial charge is 0.375 e. The van der Waals surface area contributed by atoms with Crippen LogP contribution in [0.1, 0.15) is 50.2 Å². The van der Waals surface area contributed by atoms with Gasteiger partial charge in [0, 0.05) is 21.2 Å². The highest BCUT2D eigenvalue weighted by Gasteiger charge is 2.51. The molecule has 1 atom stereocenters. The van der Waals surface area contributed by atoms with Crippen molar-refractivity contribution in [2.24, 2.45) is 0 Å². The summed E-state index contributed by atoms with van der Waals surface area (Å²) >= 11 is 12.6. The van der Waals surface area contributed by atoms with Gasteiger partial charge in [0.2, 0.25) is 0 Å². The summed E-state index contributed by atoms with van der Waals surface area (Å²) in [6, 6.07) is 14.2. The van der Waals surface area contributed by atoms with Crippen molar-refractivity contribution in [3.63, 3.8) is 0 Å². The Kier molecular flexibility index (Phi) is 6.12. The second-order valence-electron chi connectivity index (χ2n) is 8.74. The van der Waals surface area contributed by atoms with Gasteiger partial charge in [0.15, 0.2) is 11.4 Å². The second-order valence-corrected chi connectivity index (χ2v) is 9.58. The van der Waals surface area contributed by atoms with Crippen LogP contribution in [0.25, 0.3) is 0 Å². The highest BCUT2D eigenvalue weighted by atomic mass is 35.5. The third-order valence-electron chi connectivity index (χ3n) is 6.64. The lowest BCUT2D eigenvalue weighted by atomic mass is 9.84. The van der Waals surface area contributed by atoms with E-state index in [-0.39, 0.29) is 18.7 Å². The first-order chi connectivity index (χ1) is 15.5. The highest BCUT2D eigenvalue weighted by molar-refractivity contribution is 6.31. The zero-order chi connectivity index (χ0) is 24.1. The minimum atomic E-state index is -2.02. The summed E-state index contributed by atoms with van der Waals surface area (Å²) in [4.78, 5) is 28.6. The molecular weight excluding hydrogens is 457 g/mol. The van der Waals surface area contributed by atoms with Crippen LogP contribution in [0.3, 0.4) is 0 Å². The number of hydrogen-bond acceptors (Lipinski definition) is 3. The SMILES string of the molecule is Cc1cc(C)c(C)c(C(=O)CC2(O)C(=O)N(Cc3ccccc3Cl)c3ccc(Cl)cc32)c1C. The number of fused-ring (bicyclic) bond motifs is 1. The summed E-state index contributed by atoms with van der Waals surface area (Å²) in [6.07, 6.45) is -0.372. The minimum absolute atomic E-state index is 0.172. The molecule has 0 fully saturated rings. The Labute approximate surface area is 203 Å². The fourth-order valence-electron chi connectivity index (χ4n) is 4.60. The quantitative estimate of drug-likeness (QED) is 0.439. The first-order valence-electron chi connectivity index (χ1n) is 10.7. The molecule has 3 aromatic carbocycles. The average molecular weight is 482 g/mol. The maximum Gasteiger partial charge on any atom is 0.264 e. The van der Waals surface area contributed by atoms with E-state index in [0.717, 1.165) is 27.8 Å². The van der Waals surface area contributed by atoms with Crippen molar-refractivity contribution >= 4 is 40.6 Å². The van der Waals surface area contributed by atoms with Crippen LogP contribution in [0.4, 0.5) is 5.69 Å². The molecule has 1 aliphatic rings. The zero-order valence-electron chi connectivity index (χ0n) is 19.0. The maximum absolute atomic E-state index is 13.6. The van der Waals surface area contributed by atoms with E-state index in [1.54, 1.807) is 24.3 Å². The third-order valence-corrected chi connectivity index (χ3v) is 7.25. The number of aliphatic hydroxyl groups is 1. The van der Waals surface area contributed by atoms with Gasteiger partial charge >= 0.3 is 0 Å². The number of ketones is 1. The van der Waals surface area contributed by atoms with Crippen LogP contribution < -0.4 is 4.90 Å². The highest BCUT2D eigenvalue weighted by Crippen LogP contribution is 2.45. The zero-order valence-corrected chi connectivity index (χ0v) is 20.5. The predicted octanol–water partition coefficient (Wildman–Crippen LogP) is 6.23. The first kappa shape index (κ1) is 23.5. The fraction of sp³-hybridized carbons (Fsp3) is 0.259. The van der Waals surface area contributed by atoms with Crippen LogP contribution in [0.5, 0.6) is 0 Å². The van der Waals surface area contributed by atoms with Crippen LogP contribution in [0.2, 0.25) is 10.0 Å². The summed E-state index contributed by atoms with van der Waals surface area (Å²) in [6.45, 7) is 7.86. The summed E-state index contributed by atoms with van der Waals surface area (Å²) in [5.74, 6) is -0.842. The molecule has 0 saturated carbocycles. The lowest BCUT2D eigenvalue weighted by Crippen LogP contribution is -2.41. The molecule has 3 aromatic rings. The molecule has 0 saturated heterocycles. The molecule has 170 valence electrons. The molecule has 1 N–H and O–H groups in total. The molecule has 1 aliphatic heterocycles. The predicted molar refractivity (Wildman–Crippen MR) is 132 cm³/mol. The Morgan fingerprint density at radius 3 is 2.24 bits per heavy atom. The van der Waals surface area contributed by atoms with Gasteiger partial charge in [0.25, 0.3) is 5.91 Å². The van der Waals surface area contributed by atoms with Gasteiger partial charge < -0.3 is 10.0 Å². The van der Waals surface area contributed by atoms with Crippen molar-refractivity contribution in [2.45, 2.75) is 46.3 Å². The molecule has 0 radical (unpaired) electrons. The van der Waals surface area contributed by atoms with E-state index in [2.05, 4.69) is 0 Å². The van der Waals surface area contributed by atoms with Gasteiger partial charge in [0.1, 0.15) is 0 Å². The van der Waals surface area contributed by atoms with Gasteiger partial charge in [-0.3, -0.25) is 9.59 Å². The van der Waals surface area contributed by atoms with Crippen molar-refractivity contribution in [3.05, 3.63) is 97.5 Å². The fourth-order valence-corrected chi connectivity index (χ4v) is 4.97. The van der Waals surface area contributed by atoms with Crippen LogP contribution in [-0.4, -0.2) is 16.8 Å². The molecule has 4 rings (SSSR count). The van der Waals surface area contributed by atoms with Crippen LogP contribution in [-0.2, 0) is 16.9 Å².